The second-order valence-electron chi connectivity index (χ2n) is 5.45. The second-order valence-corrected chi connectivity index (χ2v) is 5.45. The first-order chi connectivity index (χ1) is 8.84. The van der Waals surface area contributed by atoms with Crippen LogP contribution in [0.1, 0.15) is 22.8 Å². The Morgan fingerprint density at radius 1 is 1.32 bits per heavy atom. The van der Waals surface area contributed by atoms with Crippen LogP contribution in [-0.4, -0.2) is 43.8 Å². The molecule has 0 saturated heterocycles. The second kappa shape index (κ2) is 4.68. The molecule has 1 aliphatic rings. The molecule has 0 N–H and O–H groups in total. The summed E-state index contributed by atoms with van der Waals surface area (Å²) >= 11 is 0. The summed E-state index contributed by atoms with van der Waals surface area (Å²) in [5.41, 5.74) is 2.60. The van der Waals surface area contributed by atoms with Crippen LogP contribution in [0.5, 0.6) is 0 Å². The Bertz CT molecular complexity index is 537. The summed E-state index contributed by atoms with van der Waals surface area (Å²) in [5, 5.41) is 0. The lowest BCUT2D eigenvalue weighted by Crippen LogP contribution is -2.51. The van der Waals surface area contributed by atoms with E-state index in [0.29, 0.717) is 5.56 Å². The van der Waals surface area contributed by atoms with E-state index in [1.54, 1.807) is 14.1 Å². The van der Waals surface area contributed by atoms with Crippen molar-refractivity contribution in [2.45, 2.75) is 19.9 Å². The van der Waals surface area contributed by atoms with E-state index >= 15 is 0 Å². The molecule has 102 valence electrons. The number of carbonyl (C=O) groups is 2. The average molecular weight is 260 g/mol. The van der Waals surface area contributed by atoms with Gasteiger partial charge in [0.05, 0.1) is 0 Å². The van der Waals surface area contributed by atoms with Crippen LogP contribution in [-0.2, 0) is 4.79 Å². The lowest BCUT2D eigenvalue weighted by atomic mass is 9.84. The number of benzene rings is 1. The SMILES string of the molecule is Cc1ccc2c(c1)C(=O)C(C(=O)N(C)C)C(C)N2C. The summed E-state index contributed by atoms with van der Waals surface area (Å²) in [5.74, 6) is -0.811. The van der Waals surface area contributed by atoms with Crippen LogP contribution < -0.4 is 4.90 Å². The van der Waals surface area contributed by atoms with Crippen LogP contribution in [0.3, 0.4) is 0 Å². The number of hydrogen-bond acceptors (Lipinski definition) is 3. The summed E-state index contributed by atoms with van der Waals surface area (Å²) < 4.78 is 0. The molecule has 0 aliphatic carbocycles. The standard InChI is InChI=1S/C15H20N2O2/c1-9-6-7-12-11(8-9)14(18)13(10(2)17(12)5)15(19)16(3)4/h6-8,10,13H,1-5H3. The molecule has 2 rings (SSSR count). The molecule has 0 fully saturated rings. The van der Waals surface area contributed by atoms with Gasteiger partial charge in [-0.1, -0.05) is 11.6 Å². The van der Waals surface area contributed by atoms with Gasteiger partial charge in [-0.05, 0) is 26.0 Å². The molecule has 1 aromatic carbocycles. The van der Waals surface area contributed by atoms with E-state index in [9.17, 15) is 9.59 Å². The molecule has 4 nitrogen and oxygen atoms in total. The van der Waals surface area contributed by atoms with Crippen LogP contribution in [0.2, 0.25) is 0 Å². The van der Waals surface area contributed by atoms with Crippen LogP contribution in [0, 0.1) is 12.8 Å². The monoisotopic (exact) mass is 260 g/mol. The first-order valence-electron chi connectivity index (χ1n) is 6.43. The molecular weight excluding hydrogens is 240 g/mol. The number of Topliss-reactive ketones (excluding diaryl/α,β-unsaturated/α-hetero) is 1. The maximum Gasteiger partial charge on any atom is 0.235 e. The van der Waals surface area contributed by atoms with Gasteiger partial charge in [-0.25, -0.2) is 0 Å². The Morgan fingerprint density at radius 2 is 1.95 bits per heavy atom. The molecule has 1 amide bonds. The third-order valence-electron chi connectivity index (χ3n) is 3.88. The average Bonchev–Trinajstić information content (AvgIpc) is 2.36. The third-order valence-corrected chi connectivity index (χ3v) is 3.88. The zero-order valence-corrected chi connectivity index (χ0v) is 12.1. The van der Waals surface area contributed by atoms with Crippen molar-refractivity contribution in [3.63, 3.8) is 0 Å². The van der Waals surface area contributed by atoms with Crippen molar-refractivity contribution in [2.75, 3.05) is 26.0 Å². The molecule has 4 heteroatoms. The van der Waals surface area contributed by atoms with Gasteiger partial charge in [-0.3, -0.25) is 9.59 Å². The Balaban J connectivity index is 2.52. The normalized spacial score (nSPS) is 22.2. The number of rotatable bonds is 1. The van der Waals surface area contributed by atoms with Crippen LogP contribution in [0.4, 0.5) is 5.69 Å². The highest BCUT2D eigenvalue weighted by atomic mass is 16.2. The van der Waals surface area contributed by atoms with Crippen molar-refractivity contribution in [3.05, 3.63) is 29.3 Å². The van der Waals surface area contributed by atoms with Crippen LogP contribution in [0.15, 0.2) is 18.2 Å². The van der Waals surface area contributed by atoms with E-state index in [2.05, 4.69) is 0 Å². The number of nitrogens with zero attached hydrogens (tertiary/aromatic N) is 2. The Kier molecular flexibility index (Phi) is 3.35. The van der Waals surface area contributed by atoms with Gasteiger partial charge in [-0.2, -0.15) is 0 Å². The summed E-state index contributed by atoms with van der Waals surface area (Å²) in [6.45, 7) is 3.88. The first-order valence-corrected chi connectivity index (χ1v) is 6.43. The fraction of sp³-hybridized carbons (Fsp3) is 0.467. The quantitative estimate of drug-likeness (QED) is 0.722. The van der Waals surface area contributed by atoms with Gasteiger partial charge in [0.25, 0.3) is 0 Å². The van der Waals surface area contributed by atoms with Crippen molar-refractivity contribution in [2.24, 2.45) is 5.92 Å². The molecule has 1 aliphatic heterocycles. The minimum atomic E-state index is -0.616. The minimum absolute atomic E-state index is 0.0667. The van der Waals surface area contributed by atoms with Crippen molar-refractivity contribution in [1.29, 1.82) is 0 Å². The topological polar surface area (TPSA) is 40.6 Å². The molecule has 19 heavy (non-hydrogen) atoms. The molecule has 0 bridgehead atoms. The number of anilines is 1. The smallest absolute Gasteiger partial charge is 0.235 e. The molecule has 1 aromatic rings. The van der Waals surface area contributed by atoms with Crippen molar-refractivity contribution < 1.29 is 9.59 Å². The highest BCUT2D eigenvalue weighted by Gasteiger charge is 2.41. The number of fused-ring (bicyclic) bond motifs is 1. The largest absolute Gasteiger partial charge is 0.370 e. The summed E-state index contributed by atoms with van der Waals surface area (Å²) in [6.07, 6.45) is 0. The van der Waals surface area contributed by atoms with Gasteiger partial charge in [0, 0.05) is 38.4 Å². The number of carbonyl (C=O) groups excluding carboxylic acids is 2. The Labute approximate surface area is 114 Å². The maximum atomic E-state index is 12.6. The van der Waals surface area contributed by atoms with Gasteiger partial charge in [0.15, 0.2) is 5.78 Å². The molecule has 2 unspecified atom stereocenters. The van der Waals surface area contributed by atoms with Crippen LogP contribution >= 0.6 is 0 Å². The number of ketones is 1. The van der Waals surface area contributed by atoms with Gasteiger partial charge < -0.3 is 9.80 Å². The minimum Gasteiger partial charge on any atom is -0.370 e. The van der Waals surface area contributed by atoms with Crippen molar-refractivity contribution in [3.8, 4) is 0 Å². The molecule has 2 atom stereocenters. The molecule has 0 radical (unpaired) electrons. The fourth-order valence-electron chi connectivity index (χ4n) is 2.58. The molecule has 0 aromatic heterocycles. The van der Waals surface area contributed by atoms with Crippen molar-refractivity contribution in [1.82, 2.24) is 4.90 Å². The lowest BCUT2D eigenvalue weighted by Gasteiger charge is -2.38. The van der Waals surface area contributed by atoms with E-state index in [4.69, 9.17) is 0 Å². The van der Waals surface area contributed by atoms with Crippen LogP contribution in [0.25, 0.3) is 0 Å². The fourth-order valence-corrected chi connectivity index (χ4v) is 2.58. The zero-order chi connectivity index (χ0) is 14.3. The Morgan fingerprint density at radius 3 is 2.53 bits per heavy atom. The number of hydrogen-bond donors (Lipinski definition) is 0. The van der Waals surface area contributed by atoms with Gasteiger partial charge in [0.1, 0.15) is 5.92 Å². The molecule has 1 heterocycles. The predicted molar refractivity (Wildman–Crippen MR) is 75.6 cm³/mol. The van der Waals surface area contributed by atoms with Gasteiger partial charge >= 0.3 is 0 Å². The highest BCUT2D eigenvalue weighted by molar-refractivity contribution is 6.15. The zero-order valence-electron chi connectivity index (χ0n) is 12.1. The van der Waals surface area contributed by atoms with Gasteiger partial charge in [0.2, 0.25) is 5.91 Å². The maximum absolute atomic E-state index is 12.6. The third kappa shape index (κ3) is 2.11. The number of aryl methyl sites for hydroxylation is 1. The highest BCUT2D eigenvalue weighted by Crippen LogP contribution is 2.33. The Hall–Kier alpha value is -1.84. The summed E-state index contributed by atoms with van der Waals surface area (Å²) in [6, 6.07) is 5.69. The molecule has 0 spiro atoms. The van der Waals surface area contributed by atoms with E-state index in [1.807, 2.05) is 44.0 Å². The predicted octanol–water partition coefficient (Wildman–Crippen LogP) is 1.72. The van der Waals surface area contributed by atoms with Crippen molar-refractivity contribution >= 4 is 17.4 Å². The van der Waals surface area contributed by atoms with E-state index in [0.717, 1.165) is 11.3 Å². The van der Waals surface area contributed by atoms with E-state index < -0.39 is 5.92 Å². The van der Waals surface area contributed by atoms with E-state index in [-0.39, 0.29) is 17.7 Å². The van der Waals surface area contributed by atoms with E-state index in [1.165, 1.54) is 4.90 Å². The lowest BCUT2D eigenvalue weighted by molar-refractivity contribution is -0.131. The molecular formula is C15H20N2O2. The first kappa shape index (κ1) is 13.6. The summed E-state index contributed by atoms with van der Waals surface area (Å²) in [7, 11) is 5.31. The molecule has 0 saturated carbocycles. The number of amides is 1. The van der Waals surface area contributed by atoms with Gasteiger partial charge in [-0.15, -0.1) is 0 Å². The summed E-state index contributed by atoms with van der Waals surface area (Å²) in [4.78, 5) is 28.3.